The minimum Gasteiger partial charge on any atom is -0.497 e. The molecular formula is C20H25N3O2S. The standard InChI is InChI=1S/C20H25N3O2S/c1-13-18-19(14-8-10-16(25-2)11-9-14)26-12-17(24)21-20(18)23(22-13)15-6-4-3-5-7-15/h8-11,15,19H,3-7,12H2,1-2H3,(H,21,24). The van der Waals surface area contributed by atoms with Crippen LogP contribution >= 0.6 is 11.8 Å². The van der Waals surface area contributed by atoms with Crippen LogP contribution in [0.1, 0.15) is 60.2 Å². The number of hydrogen-bond acceptors (Lipinski definition) is 4. The van der Waals surface area contributed by atoms with Gasteiger partial charge in [0.25, 0.3) is 0 Å². The van der Waals surface area contributed by atoms with E-state index in [4.69, 9.17) is 9.84 Å². The van der Waals surface area contributed by atoms with Gasteiger partial charge in [-0.15, -0.1) is 11.8 Å². The first-order valence-electron chi connectivity index (χ1n) is 9.32. The molecule has 2 heterocycles. The Morgan fingerprint density at radius 3 is 2.62 bits per heavy atom. The molecule has 138 valence electrons. The largest absolute Gasteiger partial charge is 0.497 e. The fourth-order valence-corrected chi connectivity index (χ4v) is 5.23. The van der Waals surface area contributed by atoms with Gasteiger partial charge in [-0.2, -0.15) is 5.10 Å². The lowest BCUT2D eigenvalue weighted by Gasteiger charge is -2.24. The lowest BCUT2D eigenvalue weighted by atomic mass is 9.95. The summed E-state index contributed by atoms with van der Waals surface area (Å²) in [4.78, 5) is 12.4. The zero-order chi connectivity index (χ0) is 18.1. The summed E-state index contributed by atoms with van der Waals surface area (Å²) in [5.41, 5.74) is 3.34. The molecule has 1 aliphatic carbocycles. The van der Waals surface area contributed by atoms with Crippen LogP contribution in [0.25, 0.3) is 0 Å². The zero-order valence-corrected chi connectivity index (χ0v) is 16.1. The molecule has 1 unspecified atom stereocenters. The van der Waals surface area contributed by atoms with Gasteiger partial charge in [0.1, 0.15) is 11.6 Å². The summed E-state index contributed by atoms with van der Waals surface area (Å²) in [5, 5.41) is 8.12. The molecule has 0 radical (unpaired) electrons. The average Bonchev–Trinajstić information content (AvgIpc) is 2.88. The van der Waals surface area contributed by atoms with Crippen molar-refractivity contribution < 1.29 is 9.53 Å². The lowest BCUT2D eigenvalue weighted by Crippen LogP contribution is -2.20. The number of benzene rings is 1. The molecular weight excluding hydrogens is 346 g/mol. The second-order valence-electron chi connectivity index (χ2n) is 7.10. The number of carbonyl (C=O) groups is 1. The van der Waals surface area contributed by atoms with Crippen LogP contribution in [0.5, 0.6) is 5.75 Å². The second-order valence-corrected chi connectivity index (χ2v) is 8.19. The van der Waals surface area contributed by atoms with Crippen molar-refractivity contribution in [2.24, 2.45) is 0 Å². The summed E-state index contributed by atoms with van der Waals surface area (Å²) in [5.74, 6) is 2.26. The van der Waals surface area contributed by atoms with E-state index in [1.54, 1.807) is 18.9 Å². The Kier molecular flexibility index (Phi) is 4.94. The van der Waals surface area contributed by atoms with Gasteiger partial charge >= 0.3 is 0 Å². The number of rotatable bonds is 3. The molecule has 26 heavy (non-hydrogen) atoms. The van der Waals surface area contributed by atoms with Crippen LogP contribution in [0.3, 0.4) is 0 Å². The smallest absolute Gasteiger partial charge is 0.235 e. The Morgan fingerprint density at radius 2 is 1.92 bits per heavy atom. The van der Waals surface area contributed by atoms with Crippen LogP contribution in [0.4, 0.5) is 5.82 Å². The van der Waals surface area contributed by atoms with Crippen LogP contribution in [0, 0.1) is 6.92 Å². The van der Waals surface area contributed by atoms with Gasteiger partial charge in [0, 0.05) is 5.56 Å². The predicted molar refractivity (Wildman–Crippen MR) is 105 cm³/mol. The van der Waals surface area contributed by atoms with Gasteiger partial charge in [-0.1, -0.05) is 31.4 Å². The highest BCUT2D eigenvalue weighted by Gasteiger charge is 2.32. The van der Waals surface area contributed by atoms with Gasteiger partial charge in [-0.25, -0.2) is 4.68 Å². The van der Waals surface area contributed by atoms with Crippen molar-refractivity contribution in [2.75, 3.05) is 18.2 Å². The summed E-state index contributed by atoms with van der Waals surface area (Å²) in [7, 11) is 1.68. The van der Waals surface area contributed by atoms with E-state index in [1.807, 2.05) is 12.1 Å². The fourth-order valence-electron chi connectivity index (χ4n) is 4.04. The van der Waals surface area contributed by atoms with Crippen molar-refractivity contribution in [3.63, 3.8) is 0 Å². The Bertz CT molecular complexity index is 794. The van der Waals surface area contributed by atoms with Crippen LogP contribution in [-0.4, -0.2) is 28.6 Å². The van der Waals surface area contributed by atoms with Crippen molar-refractivity contribution in [3.05, 3.63) is 41.1 Å². The van der Waals surface area contributed by atoms with E-state index in [-0.39, 0.29) is 11.2 Å². The zero-order valence-electron chi connectivity index (χ0n) is 15.3. The number of hydrogen-bond donors (Lipinski definition) is 1. The number of anilines is 1. The number of amides is 1. The van der Waals surface area contributed by atoms with Crippen molar-refractivity contribution in [2.45, 2.75) is 50.3 Å². The number of aryl methyl sites for hydroxylation is 1. The molecule has 6 heteroatoms. The van der Waals surface area contributed by atoms with Crippen LogP contribution in [0.15, 0.2) is 24.3 Å². The molecule has 1 saturated carbocycles. The second kappa shape index (κ2) is 7.35. The number of nitrogens with one attached hydrogen (secondary N) is 1. The van der Waals surface area contributed by atoms with Crippen molar-refractivity contribution >= 4 is 23.5 Å². The molecule has 2 aliphatic rings. The normalized spacial score (nSPS) is 21.0. The molecule has 1 atom stereocenters. The fraction of sp³-hybridized carbons (Fsp3) is 0.500. The average molecular weight is 372 g/mol. The van der Waals surface area contributed by atoms with E-state index in [9.17, 15) is 4.79 Å². The molecule has 1 N–H and O–H groups in total. The highest BCUT2D eigenvalue weighted by molar-refractivity contribution is 8.00. The van der Waals surface area contributed by atoms with Gasteiger partial charge in [0.05, 0.1) is 29.8 Å². The molecule has 1 aliphatic heterocycles. The first kappa shape index (κ1) is 17.5. The minimum atomic E-state index is 0.0595. The Hall–Kier alpha value is -1.95. The highest BCUT2D eigenvalue weighted by atomic mass is 32.2. The van der Waals surface area contributed by atoms with E-state index in [2.05, 4.69) is 29.1 Å². The van der Waals surface area contributed by atoms with E-state index < -0.39 is 0 Å². The molecule has 1 aromatic carbocycles. The third-order valence-electron chi connectivity index (χ3n) is 5.37. The van der Waals surface area contributed by atoms with Gasteiger partial charge < -0.3 is 10.1 Å². The topological polar surface area (TPSA) is 56.1 Å². The van der Waals surface area contributed by atoms with E-state index in [1.165, 1.54) is 24.8 Å². The van der Waals surface area contributed by atoms with Crippen molar-refractivity contribution in [1.82, 2.24) is 9.78 Å². The van der Waals surface area contributed by atoms with E-state index in [0.29, 0.717) is 11.8 Å². The van der Waals surface area contributed by atoms with Gasteiger partial charge in [0.2, 0.25) is 5.91 Å². The maximum atomic E-state index is 12.4. The quantitative estimate of drug-likeness (QED) is 0.864. The predicted octanol–water partition coefficient (Wildman–Crippen LogP) is 4.48. The van der Waals surface area contributed by atoms with Gasteiger partial charge in [-0.05, 0) is 37.5 Å². The molecule has 1 fully saturated rings. The lowest BCUT2D eigenvalue weighted by molar-refractivity contribution is -0.113. The highest BCUT2D eigenvalue weighted by Crippen LogP contribution is 2.45. The molecule has 1 amide bonds. The first-order valence-corrected chi connectivity index (χ1v) is 10.4. The van der Waals surface area contributed by atoms with Gasteiger partial charge in [0.15, 0.2) is 0 Å². The molecule has 5 nitrogen and oxygen atoms in total. The SMILES string of the molecule is COc1ccc(C2SCC(=O)Nc3c2c(C)nn3C2CCCCC2)cc1. The van der Waals surface area contributed by atoms with E-state index >= 15 is 0 Å². The summed E-state index contributed by atoms with van der Waals surface area (Å²) < 4.78 is 7.39. The Balaban J connectivity index is 1.77. The molecule has 4 rings (SSSR count). The van der Waals surface area contributed by atoms with Crippen molar-refractivity contribution in [3.8, 4) is 5.75 Å². The summed E-state index contributed by atoms with van der Waals surface area (Å²) in [6.45, 7) is 2.06. The van der Waals surface area contributed by atoms with E-state index in [0.717, 1.165) is 35.7 Å². The summed E-state index contributed by atoms with van der Waals surface area (Å²) >= 11 is 1.67. The molecule has 0 bridgehead atoms. The van der Waals surface area contributed by atoms with Crippen LogP contribution in [-0.2, 0) is 4.79 Å². The Labute approximate surface area is 158 Å². The third-order valence-corrected chi connectivity index (χ3v) is 6.64. The number of thioether (sulfide) groups is 1. The number of carbonyl (C=O) groups excluding carboxylic acids is 1. The molecule has 1 aromatic heterocycles. The number of methoxy groups -OCH3 is 1. The molecule has 2 aromatic rings. The Morgan fingerprint density at radius 1 is 1.19 bits per heavy atom. The maximum Gasteiger partial charge on any atom is 0.235 e. The summed E-state index contributed by atoms with van der Waals surface area (Å²) in [6.07, 6.45) is 6.06. The monoisotopic (exact) mass is 371 g/mol. The maximum absolute atomic E-state index is 12.4. The first-order chi connectivity index (χ1) is 12.7. The number of ether oxygens (including phenoxy) is 1. The molecule has 0 saturated heterocycles. The van der Waals surface area contributed by atoms with Gasteiger partial charge in [-0.3, -0.25) is 4.79 Å². The molecule has 0 spiro atoms. The van der Waals surface area contributed by atoms with Crippen LogP contribution < -0.4 is 10.1 Å². The number of aromatic nitrogens is 2. The van der Waals surface area contributed by atoms with Crippen molar-refractivity contribution in [1.29, 1.82) is 0 Å². The third kappa shape index (κ3) is 3.22. The minimum absolute atomic E-state index is 0.0595. The van der Waals surface area contributed by atoms with Crippen LogP contribution in [0.2, 0.25) is 0 Å². The summed E-state index contributed by atoms with van der Waals surface area (Å²) in [6, 6.07) is 8.54. The number of fused-ring (bicyclic) bond motifs is 1. The number of nitrogens with zero attached hydrogens (tertiary/aromatic N) is 2.